The van der Waals surface area contributed by atoms with Crippen molar-refractivity contribution < 1.29 is 4.74 Å². The van der Waals surface area contributed by atoms with Crippen LogP contribution in [0.4, 0.5) is 0 Å². The van der Waals surface area contributed by atoms with Crippen molar-refractivity contribution >= 4 is 0 Å². The summed E-state index contributed by atoms with van der Waals surface area (Å²) in [6.07, 6.45) is 18.5. The van der Waals surface area contributed by atoms with Gasteiger partial charge in [-0.3, -0.25) is 0 Å². The fraction of sp³-hybridized carbons (Fsp3) is 0.692. The van der Waals surface area contributed by atoms with Crippen LogP contribution in [0.15, 0.2) is 36.4 Å². The van der Waals surface area contributed by atoms with Gasteiger partial charge in [0.1, 0.15) is 0 Å². The predicted molar refractivity (Wildman–Crippen MR) is 116 cm³/mol. The first-order valence-corrected chi connectivity index (χ1v) is 11.6. The molecule has 1 heteroatoms. The van der Waals surface area contributed by atoms with E-state index in [1.54, 1.807) is 5.56 Å². The largest absolute Gasteiger partial charge is 0.377 e. The molecule has 1 aromatic carbocycles. The average molecular weight is 369 g/mol. The lowest BCUT2D eigenvalue weighted by Crippen LogP contribution is -2.25. The van der Waals surface area contributed by atoms with Crippen molar-refractivity contribution in [2.45, 2.75) is 90.6 Å². The van der Waals surface area contributed by atoms with Gasteiger partial charge >= 0.3 is 0 Å². The third kappa shape index (κ3) is 6.21. The van der Waals surface area contributed by atoms with Crippen LogP contribution in [0.3, 0.4) is 0 Å². The maximum atomic E-state index is 5.75. The summed E-state index contributed by atoms with van der Waals surface area (Å²) >= 11 is 0. The van der Waals surface area contributed by atoms with Gasteiger partial charge in [0.25, 0.3) is 0 Å². The minimum absolute atomic E-state index is 0.767. The molecule has 0 aliphatic heterocycles. The van der Waals surface area contributed by atoms with E-state index in [4.69, 9.17) is 4.74 Å². The van der Waals surface area contributed by atoms with Crippen LogP contribution in [0, 0.1) is 17.8 Å². The maximum absolute atomic E-state index is 5.75. The molecule has 0 aromatic heterocycles. The summed E-state index contributed by atoms with van der Waals surface area (Å²) in [6.45, 7) is 6.03. The molecule has 27 heavy (non-hydrogen) atoms. The summed E-state index contributed by atoms with van der Waals surface area (Å²) in [4.78, 5) is 0. The average Bonchev–Trinajstić information content (AvgIpc) is 2.73. The van der Waals surface area contributed by atoms with E-state index in [2.05, 4.69) is 50.3 Å². The highest BCUT2D eigenvalue weighted by molar-refractivity contribution is 5.25. The van der Waals surface area contributed by atoms with Crippen LogP contribution in [0.1, 0.15) is 95.1 Å². The Bertz CT molecular complexity index is 542. The molecule has 0 atom stereocenters. The lowest BCUT2D eigenvalue weighted by Gasteiger charge is -2.37. The molecule has 0 unspecified atom stereocenters. The predicted octanol–water partition coefficient (Wildman–Crippen LogP) is 7.66. The van der Waals surface area contributed by atoms with Crippen molar-refractivity contribution in [3.05, 3.63) is 47.5 Å². The Morgan fingerprint density at radius 2 is 1.52 bits per heavy atom. The number of allylic oxidation sites excluding steroid dienone is 2. The molecule has 0 saturated heterocycles. The van der Waals surface area contributed by atoms with E-state index in [0.29, 0.717) is 0 Å². The zero-order valence-corrected chi connectivity index (χ0v) is 17.7. The molecule has 3 rings (SSSR count). The van der Waals surface area contributed by atoms with E-state index in [9.17, 15) is 0 Å². The van der Waals surface area contributed by atoms with Crippen molar-refractivity contribution in [2.24, 2.45) is 17.8 Å². The highest BCUT2D eigenvalue weighted by atomic mass is 16.5. The number of hydrogen-bond acceptors (Lipinski definition) is 1. The minimum Gasteiger partial charge on any atom is -0.377 e. The molecule has 150 valence electrons. The van der Waals surface area contributed by atoms with E-state index in [1.165, 1.54) is 63.4 Å². The van der Waals surface area contributed by atoms with Gasteiger partial charge in [-0.1, -0.05) is 49.8 Å². The third-order valence-electron chi connectivity index (χ3n) is 7.08. The Hall–Kier alpha value is -1.08. The fourth-order valence-electron chi connectivity index (χ4n) is 5.33. The second kappa shape index (κ2) is 11.1. The van der Waals surface area contributed by atoms with Crippen LogP contribution < -0.4 is 0 Å². The number of rotatable bonds is 8. The monoisotopic (exact) mass is 368 g/mol. The Morgan fingerprint density at radius 1 is 0.889 bits per heavy atom. The van der Waals surface area contributed by atoms with E-state index in [1.807, 2.05) is 0 Å². The minimum atomic E-state index is 0.767. The molecule has 0 amide bonds. The van der Waals surface area contributed by atoms with Crippen molar-refractivity contribution in [3.63, 3.8) is 0 Å². The smallest absolute Gasteiger partial charge is 0.0716 e. The highest BCUT2D eigenvalue weighted by Crippen LogP contribution is 2.44. The highest BCUT2D eigenvalue weighted by Gasteiger charge is 2.30. The van der Waals surface area contributed by atoms with Crippen molar-refractivity contribution in [1.29, 1.82) is 0 Å². The maximum Gasteiger partial charge on any atom is 0.0716 e. The molecule has 0 bridgehead atoms. The Balaban J connectivity index is 1.41. The quantitative estimate of drug-likeness (QED) is 0.338. The Kier molecular flexibility index (Phi) is 8.45. The van der Waals surface area contributed by atoms with E-state index in [0.717, 1.165) is 43.3 Å². The first-order valence-electron chi connectivity index (χ1n) is 11.6. The van der Waals surface area contributed by atoms with E-state index < -0.39 is 0 Å². The number of hydrogen-bond donors (Lipinski definition) is 0. The molecule has 1 nitrogen and oxygen atoms in total. The van der Waals surface area contributed by atoms with Crippen LogP contribution >= 0.6 is 0 Å². The molecule has 0 spiro atoms. The topological polar surface area (TPSA) is 9.23 Å². The van der Waals surface area contributed by atoms with Crippen LogP contribution in [0.25, 0.3) is 0 Å². The second-order valence-electron chi connectivity index (χ2n) is 8.96. The van der Waals surface area contributed by atoms with Crippen molar-refractivity contribution in [3.8, 4) is 0 Å². The molecule has 2 aliphatic rings. The normalized spacial score (nSPS) is 29.3. The molecule has 0 N–H and O–H groups in total. The summed E-state index contributed by atoms with van der Waals surface area (Å²) in [5, 5.41) is 0. The molecule has 1 aromatic rings. The van der Waals surface area contributed by atoms with Crippen LogP contribution in [-0.4, -0.2) is 6.61 Å². The van der Waals surface area contributed by atoms with E-state index >= 15 is 0 Å². The zero-order valence-electron chi connectivity index (χ0n) is 17.7. The number of benzene rings is 1. The van der Waals surface area contributed by atoms with Crippen molar-refractivity contribution in [2.75, 3.05) is 6.61 Å². The molecular formula is C26H40O. The van der Waals surface area contributed by atoms with Gasteiger partial charge in [0.15, 0.2) is 0 Å². The van der Waals surface area contributed by atoms with E-state index in [-0.39, 0.29) is 0 Å². The Labute approximate surface area is 167 Å². The zero-order chi connectivity index (χ0) is 18.9. The second-order valence-corrected chi connectivity index (χ2v) is 8.96. The van der Waals surface area contributed by atoms with Gasteiger partial charge in [0, 0.05) is 6.61 Å². The lowest BCUT2D eigenvalue weighted by molar-refractivity contribution is 0.118. The van der Waals surface area contributed by atoms with Crippen LogP contribution in [-0.2, 0) is 11.3 Å². The molecule has 2 fully saturated rings. The number of ether oxygens (including phenoxy) is 1. The standard InChI is InChI=1S/C26H40O/c1-3-5-19-27-20-22-9-13-24(14-10-22)26-17-15-25(16-18-26)23-11-7-21(6-4-2)8-12-23/h4,6,9-10,13-14,21,23,25-26H,3,5,7-8,11-12,15-20H2,1-2H3/t21-,23-,25-,26-. The molecule has 0 radical (unpaired) electrons. The third-order valence-corrected chi connectivity index (χ3v) is 7.08. The summed E-state index contributed by atoms with van der Waals surface area (Å²) in [5.74, 6) is 3.66. The van der Waals surface area contributed by atoms with Crippen LogP contribution in [0.2, 0.25) is 0 Å². The van der Waals surface area contributed by atoms with Gasteiger partial charge in [-0.05, 0) is 99.5 Å². The molecule has 2 aliphatic carbocycles. The summed E-state index contributed by atoms with van der Waals surface area (Å²) in [6, 6.07) is 9.31. The summed E-state index contributed by atoms with van der Waals surface area (Å²) < 4.78 is 5.75. The summed E-state index contributed by atoms with van der Waals surface area (Å²) in [5.41, 5.74) is 2.88. The van der Waals surface area contributed by atoms with Gasteiger partial charge in [-0.15, -0.1) is 0 Å². The van der Waals surface area contributed by atoms with Gasteiger partial charge in [-0.2, -0.15) is 0 Å². The number of unbranched alkanes of at least 4 members (excludes halogenated alkanes) is 1. The SMILES string of the molecule is CC=C[C@H]1CC[C@H]([C@H]2CC[C@H](c3ccc(COCCCC)cc3)CC2)CC1. The molecular weight excluding hydrogens is 328 g/mol. The molecule has 0 heterocycles. The van der Waals surface area contributed by atoms with Gasteiger partial charge in [-0.25, -0.2) is 0 Å². The van der Waals surface area contributed by atoms with Crippen LogP contribution in [0.5, 0.6) is 0 Å². The first-order chi connectivity index (χ1) is 13.3. The van der Waals surface area contributed by atoms with Gasteiger partial charge in [0.05, 0.1) is 6.61 Å². The van der Waals surface area contributed by atoms with Crippen molar-refractivity contribution in [1.82, 2.24) is 0 Å². The van der Waals surface area contributed by atoms with Gasteiger partial charge in [0.2, 0.25) is 0 Å². The fourth-order valence-corrected chi connectivity index (χ4v) is 5.33. The molecule has 2 saturated carbocycles. The summed E-state index contributed by atoms with van der Waals surface area (Å²) in [7, 11) is 0. The van der Waals surface area contributed by atoms with Gasteiger partial charge < -0.3 is 4.74 Å². The Morgan fingerprint density at radius 3 is 2.11 bits per heavy atom. The lowest BCUT2D eigenvalue weighted by atomic mass is 9.68. The first kappa shape index (κ1) is 20.6.